The zero-order chi connectivity index (χ0) is 15.8. The number of anilines is 2. The van der Waals surface area contributed by atoms with Crippen LogP contribution in [-0.4, -0.2) is 39.3 Å². The molecule has 116 valence electrons. The Labute approximate surface area is 132 Å². The number of hydrogen-bond acceptors (Lipinski definition) is 8. The van der Waals surface area contributed by atoms with Crippen molar-refractivity contribution in [3.63, 3.8) is 0 Å². The fourth-order valence-corrected chi connectivity index (χ4v) is 2.41. The van der Waals surface area contributed by atoms with Gasteiger partial charge in [-0.15, -0.1) is 10.2 Å². The van der Waals surface area contributed by atoms with Crippen LogP contribution in [0.1, 0.15) is 0 Å². The van der Waals surface area contributed by atoms with Gasteiger partial charge in [0.2, 0.25) is 5.89 Å². The highest BCUT2D eigenvalue weighted by Gasteiger charge is 2.26. The molecule has 0 unspecified atom stereocenters. The number of aromatic nitrogens is 4. The fraction of sp³-hybridized carbons (Fsp3) is 0.200. The van der Waals surface area contributed by atoms with Gasteiger partial charge in [-0.2, -0.15) is 0 Å². The number of nitrogen functional groups attached to an aromatic ring is 1. The van der Waals surface area contributed by atoms with E-state index in [0.717, 1.165) is 18.7 Å². The van der Waals surface area contributed by atoms with E-state index >= 15 is 0 Å². The summed E-state index contributed by atoms with van der Waals surface area (Å²) in [6.07, 6.45) is 1.62. The minimum Gasteiger partial charge on any atom is -0.414 e. The number of benzene rings is 1. The lowest BCUT2D eigenvalue weighted by Crippen LogP contribution is -2.56. The van der Waals surface area contributed by atoms with Gasteiger partial charge in [0.1, 0.15) is 5.82 Å². The van der Waals surface area contributed by atoms with Crippen molar-refractivity contribution in [1.82, 2.24) is 20.2 Å². The standard InChI is InChI=1S/C15H15N7O/c16-10-7-22(8-10)11-6-18-13(17)12(19-11)15-21-20-14(23-15)9-4-2-1-3-5-9/h1-6,10H,7-8,16H2,(H2,17,18). The highest BCUT2D eigenvalue weighted by atomic mass is 16.4. The van der Waals surface area contributed by atoms with Crippen LogP contribution in [0.3, 0.4) is 0 Å². The van der Waals surface area contributed by atoms with Crippen molar-refractivity contribution in [3.8, 4) is 23.0 Å². The van der Waals surface area contributed by atoms with E-state index in [0.29, 0.717) is 17.4 Å². The molecule has 0 saturated carbocycles. The van der Waals surface area contributed by atoms with Crippen LogP contribution >= 0.6 is 0 Å². The van der Waals surface area contributed by atoms with Crippen molar-refractivity contribution in [2.24, 2.45) is 5.73 Å². The first-order valence-corrected chi connectivity index (χ1v) is 7.23. The molecule has 1 fully saturated rings. The molecular formula is C15H15N7O. The summed E-state index contributed by atoms with van der Waals surface area (Å²) < 4.78 is 5.70. The van der Waals surface area contributed by atoms with E-state index in [2.05, 4.69) is 20.2 Å². The molecular weight excluding hydrogens is 294 g/mol. The topological polar surface area (TPSA) is 120 Å². The minimum absolute atomic E-state index is 0.172. The number of nitrogens with two attached hydrogens (primary N) is 2. The third-order valence-corrected chi connectivity index (χ3v) is 3.67. The quantitative estimate of drug-likeness (QED) is 0.733. The average Bonchev–Trinajstić information content (AvgIpc) is 3.03. The molecule has 1 aromatic carbocycles. The minimum atomic E-state index is 0.172. The Morgan fingerprint density at radius 2 is 1.83 bits per heavy atom. The molecule has 3 aromatic rings. The van der Waals surface area contributed by atoms with Crippen molar-refractivity contribution in [2.45, 2.75) is 6.04 Å². The van der Waals surface area contributed by atoms with Crippen molar-refractivity contribution in [2.75, 3.05) is 23.7 Å². The van der Waals surface area contributed by atoms with Crippen molar-refractivity contribution in [1.29, 1.82) is 0 Å². The van der Waals surface area contributed by atoms with Crippen LogP contribution in [-0.2, 0) is 0 Å². The molecule has 2 aromatic heterocycles. The fourth-order valence-electron chi connectivity index (χ4n) is 2.41. The zero-order valence-electron chi connectivity index (χ0n) is 12.3. The van der Waals surface area contributed by atoms with E-state index in [1.165, 1.54) is 0 Å². The molecule has 0 radical (unpaired) electrons. The molecule has 4 N–H and O–H groups in total. The van der Waals surface area contributed by atoms with Crippen molar-refractivity contribution >= 4 is 11.6 Å². The van der Waals surface area contributed by atoms with E-state index in [9.17, 15) is 0 Å². The lowest BCUT2D eigenvalue weighted by atomic mass is 10.1. The van der Waals surface area contributed by atoms with Crippen LogP contribution in [0.2, 0.25) is 0 Å². The van der Waals surface area contributed by atoms with E-state index in [4.69, 9.17) is 15.9 Å². The van der Waals surface area contributed by atoms with Gasteiger partial charge < -0.3 is 20.8 Å². The average molecular weight is 309 g/mol. The molecule has 8 heteroatoms. The van der Waals surface area contributed by atoms with Gasteiger partial charge in [-0.3, -0.25) is 0 Å². The molecule has 8 nitrogen and oxygen atoms in total. The molecule has 1 aliphatic heterocycles. The summed E-state index contributed by atoms with van der Waals surface area (Å²) in [6.45, 7) is 1.49. The number of nitrogens with zero attached hydrogens (tertiary/aromatic N) is 5. The normalized spacial score (nSPS) is 14.7. The van der Waals surface area contributed by atoms with Crippen LogP contribution in [0.25, 0.3) is 23.0 Å². The van der Waals surface area contributed by atoms with Crippen LogP contribution in [0.4, 0.5) is 11.6 Å². The molecule has 1 saturated heterocycles. The largest absolute Gasteiger partial charge is 0.414 e. The highest BCUT2D eigenvalue weighted by Crippen LogP contribution is 2.27. The van der Waals surface area contributed by atoms with Gasteiger partial charge in [-0.1, -0.05) is 18.2 Å². The summed E-state index contributed by atoms with van der Waals surface area (Å²) in [4.78, 5) is 10.7. The van der Waals surface area contributed by atoms with Crippen molar-refractivity contribution < 1.29 is 4.42 Å². The van der Waals surface area contributed by atoms with E-state index in [1.807, 2.05) is 35.2 Å². The summed E-state index contributed by atoms with van der Waals surface area (Å²) in [5.41, 5.74) is 12.9. The predicted octanol–water partition coefficient (Wildman–Crippen LogP) is 0.923. The maximum absolute atomic E-state index is 5.91. The molecule has 0 spiro atoms. The lowest BCUT2D eigenvalue weighted by molar-refractivity contribution is 0.513. The first kappa shape index (κ1) is 13.6. The summed E-state index contributed by atoms with van der Waals surface area (Å²) >= 11 is 0. The third-order valence-electron chi connectivity index (χ3n) is 3.67. The van der Waals surface area contributed by atoms with Crippen LogP contribution in [0, 0.1) is 0 Å². The highest BCUT2D eigenvalue weighted by molar-refractivity contribution is 5.66. The molecule has 0 amide bonds. The maximum atomic E-state index is 5.91. The first-order valence-electron chi connectivity index (χ1n) is 7.23. The van der Waals surface area contributed by atoms with E-state index in [-0.39, 0.29) is 17.8 Å². The van der Waals surface area contributed by atoms with Gasteiger partial charge in [0.25, 0.3) is 5.89 Å². The Balaban J connectivity index is 1.68. The van der Waals surface area contributed by atoms with Gasteiger partial charge in [0, 0.05) is 24.7 Å². The van der Waals surface area contributed by atoms with E-state index in [1.54, 1.807) is 6.20 Å². The molecule has 0 aliphatic carbocycles. The number of hydrogen-bond donors (Lipinski definition) is 2. The van der Waals surface area contributed by atoms with Crippen LogP contribution in [0.15, 0.2) is 40.9 Å². The van der Waals surface area contributed by atoms with Gasteiger partial charge in [0.15, 0.2) is 11.5 Å². The van der Waals surface area contributed by atoms with Crippen LogP contribution in [0.5, 0.6) is 0 Å². The Morgan fingerprint density at radius 1 is 1.09 bits per heavy atom. The molecule has 1 aliphatic rings. The van der Waals surface area contributed by atoms with Gasteiger partial charge in [-0.25, -0.2) is 9.97 Å². The smallest absolute Gasteiger partial charge is 0.270 e. The summed E-state index contributed by atoms with van der Waals surface area (Å²) in [7, 11) is 0. The van der Waals surface area contributed by atoms with Crippen molar-refractivity contribution in [3.05, 3.63) is 36.5 Å². The first-order chi connectivity index (χ1) is 11.2. The molecule has 3 heterocycles. The zero-order valence-corrected chi connectivity index (χ0v) is 12.3. The van der Waals surface area contributed by atoms with Crippen LogP contribution < -0.4 is 16.4 Å². The monoisotopic (exact) mass is 309 g/mol. The molecule has 4 rings (SSSR count). The van der Waals surface area contributed by atoms with Gasteiger partial charge in [0.05, 0.1) is 6.20 Å². The summed E-state index contributed by atoms with van der Waals surface area (Å²) in [5, 5.41) is 8.09. The Bertz CT molecular complexity index is 827. The SMILES string of the molecule is Nc1ncc(N2CC(N)C2)nc1-c1nnc(-c2ccccc2)o1. The number of rotatable bonds is 3. The summed E-state index contributed by atoms with van der Waals surface area (Å²) in [5.74, 6) is 1.62. The predicted molar refractivity (Wildman–Crippen MR) is 85.4 cm³/mol. The maximum Gasteiger partial charge on any atom is 0.270 e. The Kier molecular flexibility index (Phi) is 3.16. The Hall–Kier alpha value is -3.00. The second kappa shape index (κ2) is 5.33. The third kappa shape index (κ3) is 2.49. The molecule has 23 heavy (non-hydrogen) atoms. The Morgan fingerprint density at radius 3 is 2.57 bits per heavy atom. The van der Waals surface area contributed by atoms with E-state index < -0.39 is 0 Å². The van der Waals surface area contributed by atoms with Gasteiger partial charge in [-0.05, 0) is 12.1 Å². The van der Waals surface area contributed by atoms with Gasteiger partial charge >= 0.3 is 0 Å². The molecule has 0 atom stereocenters. The molecule has 0 bridgehead atoms. The second-order valence-electron chi connectivity index (χ2n) is 5.41. The second-order valence-corrected chi connectivity index (χ2v) is 5.41. The summed E-state index contributed by atoms with van der Waals surface area (Å²) in [6, 6.07) is 9.69. The lowest BCUT2D eigenvalue weighted by Gasteiger charge is -2.37.